The maximum atomic E-state index is 10.8. The maximum absolute atomic E-state index is 10.8. The first-order valence-corrected chi connectivity index (χ1v) is 5.51. The second kappa shape index (κ2) is 7.69. The fraction of sp³-hybridized carbons (Fsp3) is 0.778. The fourth-order valence-electron chi connectivity index (χ4n) is 1.37. The van der Waals surface area contributed by atoms with Crippen LogP contribution in [0.25, 0.3) is 0 Å². The van der Waals surface area contributed by atoms with E-state index in [-0.39, 0.29) is 6.54 Å². The molecule has 0 fully saturated rings. The molecule has 0 radical (unpaired) electrons. The van der Waals surface area contributed by atoms with Crippen molar-refractivity contribution in [1.29, 1.82) is 0 Å². The lowest BCUT2D eigenvalue weighted by atomic mass is 10.3. The first-order valence-electron chi connectivity index (χ1n) is 5.51. The molecule has 0 heterocycles. The van der Waals surface area contributed by atoms with Crippen molar-refractivity contribution in [3.05, 3.63) is 0 Å². The highest BCUT2D eigenvalue weighted by atomic mass is 17.0. The minimum absolute atomic E-state index is 0.225. The van der Waals surface area contributed by atoms with Crippen molar-refractivity contribution < 1.29 is 24.1 Å². The van der Waals surface area contributed by atoms with Crippen LogP contribution in [0.2, 0.25) is 0 Å². The summed E-state index contributed by atoms with van der Waals surface area (Å²) in [6.45, 7) is 2.84. The molecule has 0 aromatic rings. The van der Waals surface area contributed by atoms with Gasteiger partial charge in [0.25, 0.3) is 0 Å². The molecule has 0 saturated heterocycles. The average molecular weight is 249 g/mol. The topological polar surface area (TPSA) is 131 Å². The summed E-state index contributed by atoms with van der Waals surface area (Å²) in [6, 6.07) is 0. The van der Waals surface area contributed by atoms with Crippen LogP contribution >= 0.6 is 0 Å². The number of primary amides is 2. The standard InChI is InChI=1S/C9H20N4O4/c1-2-3-6-13(7-4-5-10,16-8(11)14)17-9(12)15/h2-7,10H2,1H3,(H3-,11,12,14,15)/p+1. The summed E-state index contributed by atoms with van der Waals surface area (Å²) >= 11 is 0. The zero-order valence-corrected chi connectivity index (χ0v) is 10.1. The van der Waals surface area contributed by atoms with Gasteiger partial charge in [0.05, 0.1) is 4.81 Å². The van der Waals surface area contributed by atoms with Gasteiger partial charge in [-0.15, -0.1) is 0 Å². The van der Waals surface area contributed by atoms with Crippen LogP contribution in [-0.4, -0.2) is 36.6 Å². The number of nitrogens with two attached hydrogens (primary N) is 3. The number of quaternary nitrogens is 1. The van der Waals surface area contributed by atoms with Gasteiger partial charge >= 0.3 is 12.2 Å². The Labute approximate surface area is 100 Å². The molecule has 8 heteroatoms. The summed E-state index contributed by atoms with van der Waals surface area (Å²) in [5.41, 5.74) is 15.3. The van der Waals surface area contributed by atoms with Crippen LogP contribution in [0, 0.1) is 0 Å². The lowest BCUT2D eigenvalue weighted by Gasteiger charge is -2.28. The molecule has 6 N–H and O–H groups in total. The molecule has 0 atom stereocenters. The minimum atomic E-state index is -1.03. The Kier molecular flexibility index (Phi) is 6.99. The highest BCUT2D eigenvalue weighted by Gasteiger charge is 2.37. The van der Waals surface area contributed by atoms with E-state index in [0.717, 1.165) is 6.42 Å². The predicted octanol–water partition coefficient (Wildman–Crippen LogP) is -0.0273. The number of amides is 2. The van der Waals surface area contributed by atoms with Crippen LogP contribution in [0.5, 0.6) is 0 Å². The summed E-state index contributed by atoms with van der Waals surface area (Å²) in [7, 11) is 0. The summed E-state index contributed by atoms with van der Waals surface area (Å²) in [5.74, 6) is 0. The van der Waals surface area contributed by atoms with Gasteiger partial charge in [-0.05, 0) is 6.54 Å². The number of rotatable bonds is 8. The van der Waals surface area contributed by atoms with Crippen molar-refractivity contribution >= 4 is 12.2 Å². The fourth-order valence-corrected chi connectivity index (χ4v) is 1.37. The van der Waals surface area contributed by atoms with Gasteiger partial charge in [-0.1, -0.05) is 13.3 Å². The van der Waals surface area contributed by atoms with Gasteiger partial charge in [0, 0.05) is 12.8 Å². The molecule has 0 bridgehead atoms. The van der Waals surface area contributed by atoms with E-state index < -0.39 is 17.0 Å². The number of nitrogens with zero attached hydrogens (tertiary/aromatic N) is 1. The van der Waals surface area contributed by atoms with Crippen molar-refractivity contribution in [1.82, 2.24) is 0 Å². The van der Waals surface area contributed by atoms with Gasteiger partial charge in [0.15, 0.2) is 13.1 Å². The molecule has 0 aliphatic carbocycles. The number of unbranched alkanes of at least 4 members (excludes halogenated alkanes) is 1. The monoisotopic (exact) mass is 249 g/mol. The molecule has 8 nitrogen and oxygen atoms in total. The number of carbonyl (C=O) groups is 2. The van der Waals surface area contributed by atoms with E-state index in [1.165, 1.54) is 0 Å². The summed E-state index contributed by atoms with van der Waals surface area (Å²) in [5, 5.41) is 0. The highest BCUT2D eigenvalue weighted by Crippen LogP contribution is 2.14. The van der Waals surface area contributed by atoms with E-state index in [9.17, 15) is 9.59 Å². The van der Waals surface area contributed by atoms with E-state index in [1.54, 1.807) is 0 Å². The second-order valence-electron chi connectivity index (χ2n) is 3.58. The highest BCUT2D eigenvalue weighted by molar-refractivity contribution is 5.64. The Balaban J connectivity index is 4.75. The van der Waals surface area contributed by atoms with Crippen LogP contribution in [-0.2, 0) is 9.68 Å². The van der Waals surface area contributed by atoms with Crippen molar-refractivity contribution in [3.63, 3.8) is 0 Å². The zero-order valence-electron chi connectivity index (χ0n) is 10.1. The van der Waals surface area contributed by atoms with Gasteiger partial charge in [0.2, 0.25) is 0 Å². The van der Waals surface area contributed by atoms with Crippen molar-refractivity contribution in [3.8, 4) is 0 Å². The van der Waals surface area contributed by atoms with Crippen LogP contribution in [0.3, 0.4) is 0 Å². The molecule has 0 aromatic heterocycles. The summed E-state index contributed by atoms with van der Waals surface area (Å²) < 4.78 is 0. The Bertz CT molecular complexity index is 233. The van der Waals surface area contributed by atoms with Crippen LogP contribution in [0.4, 0.5) is 9.59 Å². The van der Waals surface area contributed by atoms with E-state index in [1.807, 2.05) is 6.92 Å². The van der Waals surface area contributed by atoms with Crippen LogP contribution in [0.15, 0.2) is 0 Å². The number of hydrogen-bond acceptors (Lipinski definition) is 5. The molecule has 0 rings (SSSR count). The molecule has 0 aromatic carbocycles. The quantitative estimate of drug-likeness (QED) is 0.410. The van der Waals surface area contributed by atoms with Crippen molar-refractivity contribution in [2.45, 2.75) is 26.2 Å². The van der Waals surface area contributed by atoms with E-state index >= 15 is 0 Å². The SMILES string of the molecule is CCCC[N+](CCCN)(OC(N)=O)OC(N)=O. The molecule has 0 aliphatic rings. The average Bonchev–Trinajstić information content (AvgIpc) is 2.22. The van der Waals surface area contributed by atoms with Gasteiger partial charge in [-0.2, -0.15) is 0 Å². The molecule has 17 heavy (non-hydrogen) atoms. The van der Waals surface area contributed by atoms with E-state index in [2.05, 4.69) is 0 Å². The van der Waals surface area contributed by atoms with Crippen molar-refractivity contribution in [2.75, 3.05) is 19.6 Å². The first-order chi connectivity index (χ1) is 7.95. The maximum Gasteiger partial charge on any atom is 0.465 e. The number of hydroxylamine groups is 4. The first kappa shape index (κ1) is 15.5. The molecule has 0 saturated carbocycles. The number of hydrogen-bond donors (Lipinski definition) is 3. The third kappa shape index (κ3) is 6.59. The van der Waals surface area contributed by atoms with Gasteiger partial charge in [-0.25, -0.2) is 19.3 Å². The lowest BCUT2D eigenvalue weighted by molar-refractivity contribution is -1.22. The zero-order chi connectivity index (χ0) is 13.3. The molecule has 0 unspecified atom stereocenters. The molecular weight excluding hydrogens is 228 g/mol. The third-order valence-corrected chi connectivity index (χ3v) is 2.07. The van der Waals surface area contributed by atoms with Gasteiger partial charge < -0.3 is 17.2 Å². The normalized spacial score (nSPS) is 10.9. The molecule has 0 spiro atoms. The Morgan fingerprint density at radius 2 is 1.53 bits per heavy atom. The van der Waals surface area contributed by atoms with E-state index in [4.69, 9.17) is 26.9 Å². The van der Waals surface area contributed by atoms with E-state index in [0.29, 0.717) is 25.9 Å². The van der Waals surface area contributed by atoms with Gasteiger partial charge in [-0.3, -0.25) is 0 Å². The summed E-state index contributed by atoms with van der Waals surface area (Å²) in [4.78, 5) is 30.7. The molecular formula is C9H21N4O4+. The Morgan fingerprint density at radius 1 is 1.06 bits per heavy atom. The largest absolute Gasteiger partial charge is 0.465 e. The minimum Gasteiger partial charge on any atom is -0.330 e. The van der Waals surface area contributed by atoms with Crippen molar-refractivity contribution in [2.24, 2.45) is 17.2 Å². The van der Waals surface area contributed by atoms with Gasteiger partial charge in [0.1, 0.15) is 0 Å². The van der Waals surface area contributed by atoms with Crippen LogP contribution in [0.1, 0.15) is 26.2 Å². The third-order valence-electron chi connectivity index (χ3n) is 2.07. The summed E-state index contributed by atoms with van der Waals surface area (Å²) in [6.07, 6.45) is -0.0267. The molecule has 0 aliphatic heterocycles. The Morgan fingerprint density at radius 3 is 1.88 bits per heavy atom. The lowest BCUT2D eigenvalue weighted by Crippen LogP contribution is -2.54. The second-order valence-corrected chi connectivity index (χ2v) is 3.58. The smallest absolute Gasteiger partial charge is 0.330 e. The molecule has 2 amide bonds. The Hall–Kier alpha value is -1.54. The van der Waals surface area contributed by atoms with Crippen LogP contribution < -0.4 is 17.2 Å². The molecule has 100 valence electrons. The predicted molar refractivity (Wildman–Crippen MR) is 59.9 cm³/mol. The number of carbonyl (C=O) groups excluding carboxylic acids is 2.